The fourth-order valence-corrected chi connectivity index (χ4v) is 3.09. The smallest absolute Gasteiger partial charge is 0.225 e. The Balaban J connectivity index is 1.60. The normalized spacial score (nSPS) is 26.0. The SMILES string of the molecule is O=C(CC1CCCCO1)N1CCOC(c2ccccc2F)C1. The average molecular weight is 307 g/mol. The van der Waals surface area contributed by atoms with E-state index >= 15 is 0 Å². The van der Waals surface area contributed by atoms with Gasteiger partial charge in [0.1, 0.15) is 11.9 Å². The Labute approximate surface area is 130 Å². The monoisotopic (exact) mass is 307 g/mol. The number of benzene rings is 1. The number of rotatable bonds is 3. The van der Waals surface area contributed by atoms with Gasteiger partial charge in [-0.05, 0) is 25.3 Å². The van der Waals surface area contributed by atoms with Gasteiger partial charge in [0.2, 0.25) is 5.91 Å². The maximum Gasteiger partial charge on any atom is 0.225 e. The quantitative estimate of drug-likeness (QED) is 0.862. The third kappa shape index (κ3) is 3.65. The van der Waals surface area contributed by atoms with Crippen LogP contribution in [0.3, 0.4) is 0 Å². The zero-order valence-corrected chi connectivity index (χ0v) is 12.7. The molecule has 5 heteroatoms. The van der Waals surface area contributed by atoms with Crippen LogP contribution in [-0.2, 0) is 14.3 Å². The molecule has 4 nitrogen and oxygen atoms in total. The number of hydrogen-bond acceptors (Lipinski definition) is 3. The Morgan fingerprint density at radius 1 is 1.23 bits per heavy atom. The second-order valence-corrected chi connectivity index (χ2v) is 5.91. The summed E-state index contributed by atoms with van der Waals surface area (Å²) in [5, 5.41) is 0. The van der Waals surface area contributed by atoms with Gasteiger partial charge >= 0.3 is 0 Å². The molecule has 3 rings (SSSR count). The largest absolute Gasteiger partial charge is 0.378 e. The molecule has 0 spiro atoms. The second kappa shape index (κ2) is 7.20. The minimum atomic E-state index is -0.383. The summed E-state index contributed by atoms with van der Waals surface area (Å²) in [6.07, 6.45) is 3.23. The molecule has 2 aliphatic rings. The minimum absolute atomic E-state index is 0.0380. The third-order valence-corrected chi connectivity index (χ3v) is 4.35. The summed E-state index contributed by atoms with van der Waals surface area (Å²) in [6.45, 7) is 2.16. The summed E-state index contributed by atoms with van der Waals surface area (Å²) in [6, 6.07) is 6.59. The first-order valence-electron chi connectivity index (χ1n) is 7.99. The predicted molar refractivity (Wildman–Crippen MR) is 79.9 cm³/mol. The van der Waals surface area contributed by atoms with Crippen molar-refractivity contribution in [1.82, 2.24) is 4.90 Å². The highest BCUT2D eigenvalue weighted by Crippen LogP contribution is 2.25. The van der Waals surface area contributed by atoms with Crippen LogP contribution in [0.5, 0.6) is 0 Å². The number of nitrogens with zero attached hydrogens (tertiary/aromatic N) is 1. The van der Waals surface area contributed by atoms with E-state index in [0.717, 1.165) is 25.9 Å². The Bertz CT molecular complexity index is 516. The highest BCUT2D eigenvalue weighted by Gasteiger charge is 2.28. The van der Waals surface area contributed by atoms with Gasteiger partial charge in [0.15, 0.2) is 0 Å². The molecule has 2 heterocycles. The van der Waals surface area contributed by atoms with E-state index in [1.807, 2.05) is 0 Å². The maximum atomic E-state index is 13.9. The molecule has 2 atom stereocenters. The molecule has 1 aromatic rings. The van der Waals surface area contributed by atoms with Crippen LogP contribution in [0.1, 0.15) is 37.4 Å². The van der Waals surface area contributed by atoms with Crippen molar-refractivity contribution >= 4 is 5.91 Å². The van der Waals surface area contributed by atoms with Gasteiger partial charge in [-0.1, -0.05) is 18.2 Å². The van der Waals surface area contributed by atoms with Gasteiger partial charge in [-0.2, -0.15) is 0 Å². The first-order valence-corrected chi connectivity index (χ1v) is 7.99. The molecule has 1 amide bonds. The standard InChI is InChI=1S/C17H22FNO3/c18-15-7-2-1-6-14(15)16-12-19(8-10-22-16)17(20)11-13-5-3-4-9-21-13/h1-2,6-7,13,16H,3-5,8-12H2. The summed E-state index contributed by atoms with van der Waals surface area (Å²) in [4.78, 5) is 14.2. The molecule has 1 aromatic carbocycles. The first-order chi connectivity index (χ1) is 10.7. The maximum absolute atomic E-state index is 13.9. The highest BCUT2D eigenvalue weighted by molar-refractivity contribution is 5.76. The number of morpholine rings is 1. The molecule has 0 saturated carbocycles. The van der Waals surface area contributed by atoms with Crippen molar-refractivity contribution in [3.8, 4) is 0 Å². The molecule has 22 heavy (non-hydrogen) atoms. The summed E-state index contributed by atoms with van der Waals surface area (Å²) in [7, 11) is 0. The van der Waals surface area contributed by atoms with Crippen molar-refractivity contribution < 1.29 is 18.7 Å². The van der Waals surface area contributed by atoms with E-state index in [2.05, 4.69) is 0 Å². The number of carbonyl (C=O) groups excluding carboxylic acids is 1. The number of halogens is 1. The van der Waals surface area contributed by atoms with E-state index in [-0.39, 0.29) is 23.9 Å². The molecule has 2 fully saturated rings. The Morgan fingerprint density at radius 3 is 2.86 bits per heavy atom. The molecule has 2 unspecified atom stereocenters. The molecule has 2 saturated heterocycles. The van der Waals surface area contributed by atoms with Gasteiger partial charge < -0.3 is 14.4 Å². The lowest BCUT2D eigenvalue weighted by atomic mass is 10.0. The van der Waals surface area contributed by atoms with Crippen LogP contribution in [0.25, 0.3) is 0 Å². The van der Waals surface area contributed by atoms with E-state index < -0.39 is 0 Å². The molecular formula is C17H22FNO3. The van der Waals surface area contributed by atoms with E-state index in [1.165, 1.54) is 6.07 Å². The van der Waals surface area contributed by atoms with Gasteiger partial charge in [-0.25, -0.2) is 4.39 Å². The van der Waals surface area contributed by atoms with Crippen molar-refractivity contribution in [2.75, 3.05) is 26.3 Å². The van der Waals surface area contributed by atoms with Gasteiger partial charge in [-0.3, -0.25) is 4.79 Å². The van der Waals surface area contributed by atoms with Gasteiger partial charge in [0.05, 0.1) is 25.7 Å². The van der Waals surface area contributed by atoms with Crippen LogP contribution in [0.4, 0.5) is 4.39 Å². The zero-order valence-electron chi connectivity index (χ0n) is 12.7. The minimum Gasteiger partial charge on any atom is -0.378 e. The average Bonchev–Trinajstić information content (AvgIpc) is 2.56. The summed E-state index contributed by atoms with van der Waals surface area (Å²) in [5.41, 5.74) is 0.522. The summed E-state index contributed by atoms with van der Waals surface area (Å²) in [5.74, 6) is -0.200. The zero-order chi connectivity index (χ0) is 15.4. The topological polar surface area (TPSA) is 38.8 Å². The lowest BCUT2D eigenvalue weighted by molar-refractivity contribution is -0.142. The fraction of sp³-hybridized carbons (Fsp3) is 0.588. The molecule has 0 bridgehead atoms. The molecule has 120 valence electrons. The number of ether oxygens (including phenoxy) is 2. The highest BCUT2D eigenvalue weighted by atomic mass is 19.1. The number of amides is 1. The van der Waals surface area contributed by atoms with E-state index in [1.54, 1.807) is 23.1 Å². The van der Waals surface area contributed by atoms with Gasteiger partial charge in [0.25, 0.3) is 0 Å². The Morgan fingerprint density at radius 2 is 2.09 bits per heavy atom. The van der Waals surface area contributed by atoms with Crippen molar-refractivity contribution in [2.24, 2.45) is 0 Å². The fourth-order valence-electron chi connectivity index (χ4n) is 3.09. The molecule has 2 aliphatic heterocycles. The van der Waals surface area contributed by atoms with Crippen molar-refractivity contribution in [1.29, 1.82) is 0 Å². The van der Waals surface area contributed by atoms with Gasteiger partial charge in [-0.15, -0.1) is 0 Å². The molecule has 0 radical (unpaired) electrons. The van der Waals surface area contributed by atoms with Crippen LogP contribution >= 0.6 is 0 Å². The lowest BCUT2D eigenvalue weighted by Crippen LogP contribution is -2.43. The van der Waals surface area contributed by atoms with Crippen molar-refractivity contribution in [3.63, 3.8) is 0 Å². The first kappa shape index (κ1) is 15.4. The second-order valence-electron chi connectivity index (χ2n) is 5.91. The van der Waals surface area contributed by atoms with E-state index in [4.69, 9.17) is 9.47 Å². The van der Waals surface area contributed by atoms with Crippen LogP contribution in [0, 0.1) is 5.82 Å². The molecule has 0 aliphatic carbocycles. The summed E-state index contributed by atoms with van der Waals surface area (Å²) < 4.78 is 25.2. The van der Waals surface area contributed by atoms with Crippen LogP contribution in [0.15, 0.2) is 24.3 Å². The summed E-state index contributed by atoms with van der Waals surface area (Å²) >= 11 is 0. The number of hydrogen-bond donors (Lipinski definition) is 0. The molecule has 0 N–H and O–H groups in total. The molecular weight excluding hydrogens is 285 g/mol. The van der Waals surface area contributed by atoms with Crippen LogP contribution < -0.4 is 0 Å². The van der Waals surface area contributed by atoms with Gasteiger partial charge in [0, 0.05) is 18.7 Å². The third-order valence-electron chi connectivity index (χ3n) is 4.35. The van der Waals surface area contributed by atoms with Crippen LogP contribution in [-0.4, -0.2) is 43.2 Å². The van der Waals surface area contributed by atoms with Crippen LogP contribution in [0.2, 0.25) is 0 Å². The molecule has 0 aromatic heterocycles. The van der Waals surface area contributed by atoms with Crippen molar-refractivity contribution in [3.05, 3.63) is 35.6 Å². The predicted octanol–water partition coefficient (Wildman–Crippen LogP) is 2.68. The van der Waals surface area contributed by atoms with Crippen molar-refractivity contribution in [2.45, 2.75) is 37.9 Å². The van der Waals surface area contributed by atoms with E-state index in [9.17, 15) is 9.18 Å². The Kier molecular flexibility index (Phi) is 5.05. The number of carbonyl (C=O) groups is 1. The van der Waals surface area contributed by atoms with E-state index in [0.29, 0.717) is 31.7 Å². The Hall–Kier alpha value is -1.46. The lowest BCUT2D eigenvalue weighted by Gasteiger charge is -2.34.